The van der Waals surface area contributed by atoms with Gasteiger partial charge >= 0.3 is 0 Å². The highest BCUT2D eigenvalue weighted by atomic mass is 16.1. The first kappa shape index (κ1) is 15.0. The molecule has 0 saturated heterocycles. The molecular formula is C21H15N3O. The Balaban J connectivity index is 1.87. The van der Waals surface area contributed by atoms with Gasteiger partial charge in [0, 0.05) is 11.1 Å². The number of rotatable bonds is 4. The molecule has 0 aliphatic heterocycles. The molecule has 0 spiro atoms. The molecule has 0 radical (unpaired) electrons. The van der Waals surface area contributed by atoms with E-state index in [1.807, 2.05) is 78.9 Å². The van der Waals surface area contributed by atoms with Gasteiger partial charge in [0.05, 0.1) is 5.69 Å². The summed E-state index contributed by atoms with van der Waals surface area (Å²) in [5, 5.41) is 9.07. The molecule has 1 aromatic heterocycles. The second-order valence-corrected chi connectivity index (χ2v) is 5.58. The number of carbonyl (C=O) groups is 1. The molecule has 0 amide bonds. The van der Waals surface area contributed by atoms with Gasteiger partial charge in [-0.1, -0.05) is 78.9 Å². The molecular weight excluding hydrogens is 310 g/mol. The lowest BCUT2D eigenvalue weighted by atomic mass is 10.0. The van der Waals surface area contributed by atoms with Crippen molar-refractivity contribution in [3.8, 4) is 16.9 Å². The van der Waals surface area contributed by atoms with Gasteiger partial charge in [-0.3, -0.25) is 4.79 Å². The summed E-state index contributed by atoms with van der Waals surface area (Å²) < 4.78 is 0. The SMILES string of the molecule is O=C(c1ccccc1)c1nn(-c2ccccc2)nc1-c1ccccc1. The molecule has 1 heterocycles. The van der Waals surface area contributed by atoms with Crippen LogP contribution in [0.5, 0.6) is 0 Å². The first-order chi connectivity index (χ1) is 12.3. The Bertz CT molecular complexity index is 993. The van der Waals surface area contributed by atoms with Gasteiger partial charge in [-0.15, -0.1) is 10.2 Å². The van der Waals surface area contributed by atoms with E-state index in [2.05, 4.69) is 10.2 Å². The van der Waals surface area contributed by atoms with E-state index in [1.165, 1.54) is 4.80 Å². The van der Waals surface area contributed by atoms with Gasteiger partial charge in [0.1, 0.15) is 5.69 Å². The first-order valence-corrected chi connectivity index (χ1v) is 8.01. The number of hydrogen-bond donors (Lipinski definition) is 0. The number of aromatic nitrogens is 3. The lowest BCUT2D eigenvalue weighted by Crippen LogP contribution is -2.05. The average Bonchev–Trinajstić information content (AvgIpc) is 3.15. The zero-order valence-electron chi connectivity index (χ0n) is 13.4. The van der Waals surface area contributed by atoms with Crippen LogP contribution in [0.15, 0.2) is 91.0 Å². The number of carbonyl (C=O) groups excluding carboxylic acids is 1. The summed E-state index contributed by atoms with van der Waals surface area (Å²) in [7, 11) is 0. The third kappa shape index (κ3) is 2.97. The van der Waals surface area contributed by atoms with Gasteiger partial charge in [0.2, 0.25) is 5.78 Å². The Morgan fingerprint density at radius 1 is 0.680 bits per heavy atom. The lowest BCUT2D eigenvalue weighted by molar-refractivity contribution is 0.103. The minimum Gasteiger partial charge on any atom is -0.287 e. The molecule has 0 atom stereocenters. The second kappa shape index (κ2) is 6.53. The van der Waals surface area contributed by atoms with Gasteiger partial charge in [0.15, 0.2) is 5.69 Å². The van der Waals surface area contributed by atoms with Gasteiger partial charge in [-0.2, -0.15) is 4.80 Å². The largest absolute Gasteiger partial charge is 0.287 e. The summed E-state index contributed by atoms with van der Waals surface area (Å²) in [5.74, 6) is -0.137. The third-order valence-corrected chi connectivity index (χ3v) is 3.90. The van der Waals surface area contributed by atoms with E-state index in [0.29, 0.717) is 17.0 Å². The van der Waals surface area contributed by atoms with Crippen LogP contribution in [-0.2, 0) is 0 Å². The monoisotopic (exact) mass is 325 g/mol. The molecule has 25 heavy (non-hydrogen) atoms. The van der Waals surface area contributed by atoms with E-state index >= 15 is 0 Å². The molecule has 0 saturated carbocycles. The highest BCUT2D eigenvalue weighted by Crippen LogP contribution is 2.23. The van der Waals surface area contributed by atoms with E-state index in [1.54, 1.807) is 12.1 Å². The molecule has 0 fully saturated rings. The summed E-state index contributed by atoms with van der Waals surface area (Å²) in [6.07, 6.45) is 0. The van der Waals surface area contributed by atoms with Crippen molar-refractivity contribution in [1.29, 1.82) is 0 Å². The van der Waals surface area contributed by atoms with Crippen LogP contribution >= 0.6 is 0 Å². The maximum Gasteiger partial charge on any atom is 0.215 e. The second-order valence-electron chi connectivity index (χ2n) is 5.58. The number of benzene rings is 3. The molecule has 4 heteroatoms. The molecule has 3 aromatic carbocycles. The van der Waals surface area contributed by atoms with Gasteiger partial charge < -0.3 is 0 Å². The topological polar surface area (TPSA) is 47.8 Å². The summed E-state index contributed by atoms with van der Waals surface area (Å²) >= 11 is 0. The lowest BCUT2D eigenvalue weighted by Gasteiger charge is -2.00. The summed E-state index contributed by atoms with van der Waals surface area (Å²) in [5.41, 5.74) is 3.20. The van der Waals surface area contributed by atoms with Crippen molar-refractivity contribution in [1.82, 2.24) is 15.0 Å². The Labute approximate surface area is 145 Å². The standard InChI is InChI=1S/C21H15N3O/c25-21(17-12-6-2-7-13-17)20-19(16-10-4-1-5-11-16)22-24(23-20)18-14-8-3-9-15-18/h1-15H. The Kier molecular flexibility index (Phi) is 3.92. The van der Waals surface area contributed by atoms with Crippen LogP contribution in [0.4, 0.5) is 0 Å². The molecule has 0 aliphatic carbocycles. The van der Waals surface area contributed by atoms with Crippen molar-refractivity contribution in [3.63, 3.8) is 0 Å². The fourth-order valence-electron chi connectivity index (χ4n) is 2.65. The van der Waals surface area contributed by atoms with Crippen LogP contribution in [-0.4, -0.2) is 20.8 Å². The van der Waals surface area contributed by atoms with Gasteiger partial charge in [-0.05, 0) is 12.1 Å². The molecule has 4 nitrogen and oxygen atoms in total. The maximum absolute atomic E-state index is 13.0. The predicted molar refractivity (Wildman–Crippen MR) is 96.7 cm³/mol. The molecule has 0 unspecified atom stereocenters. The van der Waals surface area contributed by atoms with Crippen LogP contribution in [0.3, 0.4) is 0 Å². The fraction of sp³-hybridized carbons (Fsp3) is 0. The number of para-hydroxylation sites is 1. The van der Waals surface area contributed by atoms with E-state index in [-0.39, 0.29) is 5.78 Å². The number of hydrogen-bond acceptors (Lipinski definition) is 3. The van der Waals surface area contributed by atoms with Crippen LogP contribution in [0.25, 0.3) is 16.9 Å². The van der Waals surface area contributed by atoms with E-state index in [4.69, 9.17) is 0 Å². The number of nitrogens with zero attached hydrogens (tertiary/aromatic N) is 3. The highest BCUT2D eigenvalue weighted by molar-refractivity contribution is 6.10. The normalized spacial score (nSPS) is 10.6. The molecule has 4 rings (SSSR count). The summed E-state index contributed by atoms with van der Waals surface area (Å²) in [4.78, 5) is 14.5. The third-order valence-electron chi connectivity index (χ3n) is 3.90. The zero-order valence-corrected chi connectivity index (χ0v) is 13.4. The molecule has 0 N–H and O–H groups in total. The van der Waals surface area contributed by atoms with Crippen molar-refractivity contribution in [3.05, 3.63) is 102 Å². The number of ketones is 1. The predicted octanol–water partition coefficient (Wildman–Crippen LogP) is 4.17. The zero-order chi connectivity index (χ0) is 17.1. The summed E-state index contributed by atoms with van der Waals surface area (Å²) in [6.45, 7) is 0. The summed E-state index contributed by atoms with van der Waals surface area (Å²) in [6, 6.07) is 28.4. The average molecular weight is 325 g/mol. The van der Waals surface area contributed by atoms with Crippen molar-refractivity contribution in [2.24, 2.45) is 0 Å². The van der Waals surface area contributed by atoms with Gasteiger partial charge in [0.25, 0.3) is 0 Å². The van der Waals surface area contributed by atoms with E-state index in [0.717, 1.165) is 11.3 Å². The van der Waals surface area contributed by atoms with Crippen molar-refractivity contribution in [2.45, 2.75) is 0 Å². The molecule has 4 aromatic rings. The van der Waals surface area contributed by atoms with Crippen LogP contribution in [0, 0.1) is 0 Å². The van der Waals surface area contributed by atoms with Crippen molar-refractivity contribution >= 4 is 5.78 Å². The Morgan fingerprint density at radius 3 is 1.88 bits per heavy atom. The smallest absolute Gasteiger partial charge is 0.215 e. The first-order valence-electron chi connectivity index (χ1n) is 8.01. The Morgan fingerprint density at radius 2 is 1.24 bits per heavy atom. The van der Waals surface area contributed by atoms with Crippen LogP contribution in [0.1, 0.15) is 16.1 Å². The van der Waals surface area contributed by atoms with Crippen molar-refractivity contribution in [2.75, 3.05) is 0 Å². The van der Waals surface area contributed by atoms with E-state index in [9.17, 15) is 4.79 Å². The quantitative estimate of drug-likeness (QED) is 0.529. The minimum absolute atomic E-state index is 0.137. The maximum atomic E-state index is 13.0. The molecule has 0 aliphatic rings. The molecule has 120 valence electrons. The molecule has 0 bridgehead atoms. The van der Waals surface area contributed by atoms with Crippen LogP contribution < -0.4 is 0 Å². The van der Waals surface area contributed by atoms with Crippen molar-refractivity contribution < 1.29 is 4.79 Å². The van der Waals surface area contributed by atoms with E-state index < -0.39 is 0 Å². The minimum atomic E-state index is -0.137. The van der Waals surface area contributed by atoms with Gasteiger partial charge in [-0.25, -0.2) is 0 Å². The Hall–Kier alpha value is -3.53. The van der Waals surface area contributed by atoms with Crippen LogP contribution in [0.2, 0.25) is 0 Å². The fourth-order valence-corrected chi connectivity index (χ4v) is 2.65. The highest BCUT2D eigenvalue weighted by Gasteiger charge is 2.21.